The topological polar surface area (TPSA) is 67.8 Å². The lowest BCUT2D eigenvalue weighted by Gasteiger charge is -2.37. The quantitative estimate of drug-likeness (QED) is 0.853. The molecular formula is C14H19NO4. The van der Waals surface area contributed by atoms with E-state index in [4.69, 9.17) is 9.47 Å². The Morgan fingerprint density at radius 1 is 1.42 bits per heavy atom. The van der Waals surface area contributed by atoms with Crippen molar-refractivity contribution in [2.24, 2.45) is 0 Å². The van der Waals surface area contributed by atoms with Gasteiger partial charge in [-0.1, -0.05) is 18.2 Å². The summed E-state index contributed by atoms with van der Waals surface area (Å²) in [5, 5.41) is 12.9. The van der Waals surface area contributed by atoms with E-state index in [9.17, 15) is 9.90 Å². The smallest absolute Gasteiger partial charge is 0.251 e. The van der Waals surface area contributed by atoms with Crippen molar-refractivity contribution < 1.29 is 19.4 Å². The van der Waals surface area contributed by atoms with Gasteiger partial charge in [0.25, 0.3) is 5.91 Å². The van der Waals surface area contributed by atoms with Crippen molar-refractivity contribution in [1.29, 1.82) is 0 Å². The second kappa shape index (κ2) is 6.14. The summed E-state index contributed by atoms with van der Waals surface area (Å²) < 4.78 is 10.6. The Balaban J connectivity index is 2.02. The summed E-state index contributed by atoms with van der Waals surface area (Å²) in [5.41, 5.74) is 0.572. The Kier molecular flexibility index (Phi) is 4.52. The number of aliphatic hydroxyl groups is 1. The predicted molar refractivity (Wildman–Crippen MR) is 69.7 cm³/mol. The molecular weight excluding hydrogens is 246 g/mol. The van der Waals surface area contributed by atoms with Crippen LogP contribution >= 0.6 is 0 Å². The molecule has 0 spiro atoms. The van der Waals surface area contributed by atoms with E-state index in [0.29, 0.717) is 12.0 Å². The van der Waals surface area contributed by atoms with E-state index in [-0.39, 0.29) is 18.1 Å². The summed E-state index contributed by atoms with van der Waals surface area (Å²) in [6.45, 7) is 1.76. The lowest BCUT2D eigenvalue weighted by molar-refractivity contribution is -0.213. The van der Waals surface area contributed by atoms with Crippen LogP contribution in [0.3, 0.4) is 0 Å². The number of methoxy groups -OCH3 is 1. The molecule has 19 heavy (non-hydrogen) atoms. The molecule has 5 heteroatoms. The van der Waals surface area contributed by atoms with Crippen LogP contribution in [0.2, 0.25) is 0 Å². The Hall–Kier alpha value is -1.43. The Morgan fingerprint density at radius 2 is 2.11 bits per heavy atom. The van der Waals surface area contributed by atoms with Crippen LogP contribution in [-0.2, 0) is 9.47 Å². The Morgan fingerprint density at radius 3 is 2.74 bits per heavy atom. The SMILES string of the molecule is CO[C@@H]1C[C@@H](NC(=O)c2ccccc2)[C@H](O)[C@@H](C)O1. The molecule has 0 aromatic heterocycles. The lowest BCUT2D eigenvalue weighted by Crippen LogP contribution is -2.55. The maximum atomic E-state index is 12.1. The van der Waals surface area contributed by atoms with Gasteiger partial charge in [0.15, 0.2) is 6.29 Å². The molecule has 0 aliphatic carbocycles. The monoisotopic (exact) mass is 265 g/mol. The van der Waals surface area contributed by atoms with Crippen LogP contribution in [0.15, 0.2) is 30.3 Å². The average molecular weight is 265 g/mol. The molecule has 1 heterocycles. The highest BCUT2D eigenvalue weighted by atomic mass is 16.7. The van der Waals surface area contributed by atoms with Gasteiger partial charge in [-0.2, -0.15) is 0 Å². The van der Waals surface area contributed by atoms with Gasteiger partial charge in [0.1, 0.15) is 6.10 Å². The maximum absolute atomic E-state index is 12.1. The largest absolute Gasteiger partial charge is 0.388 e. The highest BCUT2D eigenvalue weighted by Crippen LogP contribution is 2.21. The molecule has 104 valence electrons. The van der Waals surface area contributed by atoms with Crippen LogP contribution in [0.4, 0.5) is 0 Å². The first-order chi connectivity index (χ1) is 9.11. The van der Waals surface area contributed by atoms with Gasteiger partial charge in [-0.25, -0.2) is 0 Å². The number of carbonyl (C=O) groups excluding carboxylic acids is 1. The van der Waals surface area contributed by atoms with Crippen molar-refractivity contribution in [3.63, 3.8) is 0 Å². The summed E-state index contributed by atoms with van der Waals surface area (Å²) in [6.07, 6.45) is -1.08. The van der Waals surface area contributed by atoms with Gasteiger partial charge in [-0.3, -0.25) is 4.79 Å². The van der Waals surface area contributed by atoms with Crippen LogP contribution in [-0.4, -0.2) is 42.7 Å². The Bertz CT molecular complexity index is 423. The highest BCUT2D eigenvalue weighted by molar-refractivity contribution is 5.94. The molecule has 1 aromatic rings. The molecule has 1 aromatic carbocycles. The fourth-order valence-corrected chi connectivity index (χ4v) is 2.19. The summed E-state index contributed by atoms with van der Waals surface area (Å²) >= 11 is 0. The van der Waals surface area contributed by atoms with E-state index >= 15 is 0 Å². The van der Waals surface area contributed by atoms with Crippen molar-refractivity contribution in [2.75, 3.05) is 7.11 Å². The summed E-state index contributed by atoms with van der Waals surface area (Å²) in [6, 6.07) is 8.55. The van der Waals surface area contributed by atoms with E-state index in [0.717, 1.165) is 0 Å². The highest BCUT2D eigenvalue weighted by Gasteiger charge is 2.36. The van der Waals surface area contributed by atoms with Crippen molar-refractivity contribution in [3.05, 3.63) is 35.9 Å². The van der Waals surface area contributed by atoms with E-state index in [1.807, 2.05) is 6.07 Å². The second-order valence-corrected chi connectivity index (χ2v) is 4.68. The number of ether oxygens (including phenoxy) is 2. The molecule has 1 saturated heterocycles. The van der Waals surface area contributed by atoms with Crippen LogP contribution in [0.25, 0.3) is 0 Å². The number of amides is 1. The number of benzene rings is 1. The number of hydrogen-bond acceptors (Lipinski definition) is 4. The molecule has 1 aliphatic heterocycles. The van der Waals surface area contributed by atoms with Crippen LogP contribution in [0, 0.1) is 0 Å². The zero-order chi connectivity index (χ0) is 13.8. The number of nitrogens with one attached hydrogen (secondary N) is 1. The molecule has 0 saturated carbocycles. The number of rotatable bonds is 3. The zero-order valence-corrected chi connectivity index (χ0v) is 11.1. The number of aliphatic hydroxyl groups excluding tert-OH is 1. The second-order valence-electron chi connectivity index (χ2n) is 4.68. The molecule has 1 fully saturated rings. The van der Waals surface area contributed by atoms with Crippen molar-refractivity contribution in [2.45, 2.75) is 37.9 Å². The zero-order valence-electron chi connectivity index (χ0n) is 11.1. The molecule has 0 bridgehead atoms. The minimum Gasteiger partial charge on any atom is -0.388 e. The molecule has 4 atom stereocenters. The third-order valence-electron chi connectivity index (χ3n) is 3.32. The molecule has 0 radical (unpaired) electrons. The number of carbonyl (C=O) groups is 1. The molecule has 0 unspecified atom stereocenters. The molecule has 5 nitrogen and oxygen atoms in total. The minimum atomic E-state index is -0.737. The van der Waals surface area contributed by atoms with Crippen molar-refractivity contribution >= 4 is 5.91 Å². The standard InChI is InChI=1S/C14H19NO4/c1-9-13(16)11(8-12(18-2)19-9)15-14(17)10-6-4-3-5-7-10/h3-7,9,11-13,16H,8H2,1-2H3,(H,15,17)/t9-,11-,12+,13-/m1/s1. The van der Waals surface area contributed by atoms with Crippen molar-refractivity contribution in [1.82, 2.24) is 5.32 Å². The van der Waals surface area contributed by atoms with E-state index in [1.54, 1.807) is 38.3 Å². The van der Waals surface area contributed by atoms with Crippen LogP contribution in [0.5, 0.6) is 0 Å². The van der Waals surface area contributed by atoms with Crippen molar-refractivity contribution in [3.8, 4) is 0 Å². The number of hydrogen-bond donors (Lipinski definition) is 2. The fourth-order valence-electron chi connectivity index (χ4n) is 2.19. The van der Waals surface area contributed by atoms with Gasteiger partial charge < -0.3 is 19.9 Å². The van der Waals surface area contributed by atoms with Gasteiger partial charge in [0.2, 0.25) is 0 Å². The third-order valence-corrected chi connectivity index (χ3v) is 3.32. The van der Waals surface area contributed by atoms with Gasteiger partial charge in [0, 0.05) is 19.1 Å². The fraction of sp³-hybridized carbons (Fsp3) is 0.500. The van der Waals surface area contributed by atoms with Gasteiger partial charge in [0.05, 0.1) is 12.1 Å². The first-order valence-corrected chi connectivity index (χ1v) is 6.34. The van der Waals surface area contributed by atoms with E-state index in [2.05, 4.69) is 5.32 Å². The normalized spacial score (nSPS) is 30.9. The van der Waals surface area contributed by atoms with Crippen LogP contribution < -0.4 is 5.32 Å². The van der Waals surface area contributed by atoms with E-state index in [1.165, 1.54) is 0 Å². The maximum Gasteiger partial charge on any atom is 0.251 e. The molecule has 2 N–H and O–H groups in total. The first kappa shape index (κ1) is 14.0. The average Bonchev–Trinajstić information content (AvgIpc) is 2.44. The lowest BCUT2D eigenvalue weighted by atomic mass is 9.99. The predicted octanol–water partition coefficient (Wildman–Crippen LogP) is 0.927. The summed E-state index contributed by atoms with van der Waals surface area (Å²) in [5.74, 6) is -0.200. The third kappa shape index (κ3) is 3.32. The van der Waals surface area contributed by atoms with Gasteiger partial charge in [-0.15, -0.1) is 0 Å². The van der Waals surface area contributed by atoms with E-state index < -0.39 is 12.4 Å². The van der Waals surface area contributed by atoms with Gasteiger partial charge >= 0.3 is 0 Å². The summed E-state index contributed by atoms with van der Waals surface area (Å²) in [4.78, 5) is 12.1. The molecule has 2 rings (SSSR count). The molecule has 1 amide bonds. The summed E-state index contributed by atoms with van der Waals surface area (Å²) in [7, 11) is 1.55. The van der Waals surface area contributed by atoms with Gasteiger partial charge in [-0.05, 0) is 19.1 Å². The first-order valence-electron chi connectivity index (χ1n) is 6.34. The Labute approximate surface area is 112 Å². The molecule has 1 aliphatic rings. The minimum absolute atomic E-state index is 0.200. The van der Waals surface area contributed by atoms with Crippen LogP contribution in [0.1, 0.15) is 23.7 Å².